The lowest BCUT2D eigenvalue weighted by Crippen LogP contribution is -2.25. The van der Waals surface area contributed by atoms with E-state index in [4.69, 9.17) is 0 Å². The molecule has 0 aliphatic heterocycles. The lowest BCUT2D eigenvalue weighted by molar-refractivity contribution is -0.385. The van der Waals surface area contributed by atoms with Crippen molar-refractivity contribution in [2.24, 2.45) is 0 Å². The molecule has 9 nitrogen and oxygen atoms in total. The van der Waals surface area contributed by atoms with Gasteiger partial charge in [0, 0.05) is 23.9 Å². The maximum absolute atomic E-state index is 12.7. The van der Waals surface area contributed by atoms with E-state index in [1.54, 1.807) is 13.8 Å². The number of aryl methyl sites for hydroxylation is 1. The number of hydrogen-bond acceptors (Lipinski definition) is 6. The van der Waals surface area contributed by atoms with E-state index in [0.717, 1.165) is 18.9 Å². The number of sulfonamides is 2. The van der Waals surface area contributed by atoms with Gasteiger partial charge < -0.3 is 0 Å². The van der Waals surface area contributed by atoms with Crippen LogP contribution in [0.3, 0.4) is 0 Å². The second-order valence-electron chi connectivity index (χ2n) is 6.67. The van der Waals surface area contributed by atoms with Crippen molar-refractivity contribution in [3.63, 3.8) is 0 Å². The van der Waals surface area contributed by atoms with Gasteiger partial charge in [-0.15, -0.1) is 0 Å². The largest absolute Gasteiger partial charge is 0.280 e. The van der Waals surface area contributed by atoms with E-state index in [1.807, 2.05) is 0 Å². The molecule has 0 unspecified atom stereocenters. The molecule has 1 aliphatic carbocycles. The Balaban J connectivity index is 1.88. The van der Waals surface area contributed by atoms with Crippen LogP contribution in [0.5, 0.6) is 0 Å². The van der Waals surface area contributed by atoms with Crippen LogP contribution in [0.15, 0.2) is 46.2 Å². The summed E-state index contributed by atoms with van der Waals surface area (Å²) < 4.78 is 54.7. The zero-order valence-corrected chi connectivity index (χ0v) is 16.8. The number of benzene rings is 2. The molecule has 2 aromatic carbocycles. The molecular weight excluding hydrogens is 406 g/mol. The molecule has 28 heavy (non-hydrogen) atoms. The summed E-state index contributed by atoms with van der Waals surface area (Å²) in [5.41, 5.74) is 0.693. The molecule has 11 heteroatoms. The predicted molar refractivity (Wildman–Crippen MR) is 103 cm³/mol. The highest BCUT2D eigenvalue weighted by atomic mass is 32.2. The van der Waals surface area contributed by atoms with E-state index >= 15 is 0 Å². The summed E-state index contributed by atoms with van der Waals surface area (Å²) in [6.45, 7) is 3.15. The van der Waals surface area contributed by atoms with Crippen LogP contribution in [0, 0.1) is 24.0 Å². The first-order chi connectivity index (χ1) is 13.0. The minimum Gasteiger partial charge on any atom is -0.280 e. The second kappa shape index (κ2) is 7.15. The molecule has 150 valence electrons. The Hall–Kier alpha value is -2.50. The highest BCUT2D eigenvalue weighted by Gasteiger charge is 2.28. The Bertz CT molecular complexity index is 1140. The van der Waals surface area contributed by atoms with Crippen molar-refractivity contribution in [1.82, 2.24) is 4.72 Å². The summed E-state index contributed by atoms with van der Waals surface area (Å²) >= 11 is 0. The molecule has 3 rings (SSSR count). The van der Waals surface area contributed by atoms with Gasteiger partial charge in [-0.2, -0.15) is 0 Å². The monoisotopic (exact) mass is 425 g/mol. The molecule has 0 aromatic heterocycles. The van der Waals surface area contributed by atoms with Crippen LogP contribution >= 0.6 is 0 Å². The molecule has 2 aromatic rings. The molecule has 1 fully saturated rings. The number of hydrogen-bond donors (Lipinski definition) is 2. The zero-order chi connectivity index (χ0) is 20.7. The van der Waals surface area contributed by atoms with Crippen LogP contribution in [-0.2, 0) is 20.0 Å². The molecular formula is C17H19N3O6S2. The maximum Gasteiger partial charge on any atom is 0.271 e. The summed E-state index contributed by atoms with van der Waals surface area (Å²) in [5.74, 6) is 0. The summed E-state index contributed by atoms with van der Waals surface area (Å²) in [6, 6.07) is 7.53. The standard InChI is InChI=1S/C17H19N3O6S2/c1-11-9-15(20(21)22)10-17(12(11)2)28(25,26)19-14-5-7-16(8-6-14)27(23,24)18-13-3-4-13/h5-10,13,18-19H,3-4H2,1-2H3. The molecule has 0 radical (unpaired) electrons. The van der Waals surface area contributed by atoms with Gasteiger partial charge >= 0.3 is 0 Å². The summed E-state index contributed by atoms with van der Waals surface area (Å²) in [5, 5.41) is 11.0. The van der Waals surface area contributed by atoms with Crippen LogP contribution in [0.25, 0.3) is 0 Å². The van der Waals surface area contributed by atoms with Crippen molar-refractivity contribution < 1.29 is 21.8 Å². The van der Waals surface area contributed by atoms with E-state index in [1.165, 1.54) is 30.3 Å². The smallest absolute Gasteiger partial charge is 0.271 e. The fourth-order valence-corrected chi connectivity index (χ4v) is 5.30. The lowest BCUT2D eigenvalue weighted by Gasteiger charge is -2.12. The van der Waals surface area contributed by atoms with Crippen molar-refractivity contribution >= 4 is 31.4 Å². The lowest BCUT2D eigenvalue weighted by atomic mass is 10.1. The van der Waals surface area contributed by atoms with Gasteiger partial charge in [0.15, 0.2) is 0 Å². The molecule has 0 saturated heterocycles. The third kappa shape index (κ3) is 4.32. The normalized spacial score (nSPS) is 14.6. The molecule has 0 amide bonds. The van der Waals surface area contributed by atoms with Crippen molar-refractivity contribution in [2.75, 3.05) is 4.72 Å². The van der Waals surface area contributed by atoms with Gasteiger partial charge in [0.1, 0.15) is 0 Å². The van der Waals surface area contributed by atoms with Crippen LogP contribution in [0.2, 0.25) is 0 Å². The van der Waals surface area contributed by atoms with Crippen LogP contribution < -0.4 is 9.44 Å². The molecule has 0 heterocycles. The Labute approximate surface area is 163 Å². The van der Waals surface area contributed by atoms with Gasteiger partial charge in [0.25, 0.3) is 15.7 Å². The molecule has 1 aliphatic rings. The number of rotatable bonds is 7. The molecule has 0 atom stereocenters. The van der Waals surface area contributed by atoms with Gasteiger partial charge in [-0.25, -0.2) is 21.6 Å². The molecule has 0 bridgehead atoms. The van der Waals surface area contributed by atoms with Gasteiger partial charge in [0.2, 0.25) is 10.0 Å². The number of anilines is 1. The number of nitro groups is 1. The van der Waals surface area contributed by atoms with E-state index < -0.39 is 25.0 Å². The first-order valence-corrected chi connectivity index (χ1v) is 11.4. The van der Waals surface area contributed by atoms with E-state index in [-0.39, 0.29) is 27.2 Å². The Kier molecular flexibility index (Phi) is 5.17. The average Bonchev–Trinajstić information content (AvgIpc) is 3.40. The number of nitro benzene ring substituents is 1. The number of nitrogens with zero attached hydrogens (tertiary/aromatic N) is 1. The molecule has 0 spiro atoms. The Morgan fingerprint density at radius 1 is 1.00 bits per heavy atom. The van der Waals surface area contributed by atoms with Crippen molar-refractivity contribution in [1.29, 1.82) is 0 Å². The Morgan fingerprint density at radius 3 is 2.14 bits per heavy atom. The third-order valence-electron chi connectivity index (χ3n) is 4.42. The Morgan fingerprint density at radius 2 is 1.61 bits per heavy atom. The maximum atomic E-state index is 12.7. The summed E-state index contributed by atoms with van der Waals surface area (Å²) in [4.78, 5) is 10.2. The average molecular weight is 425 g/mol. The minimum atomic E-state index is -4.10. The zero-order valence-electron chi connectivity index (χ0n) is 15.2. The highest BCUT2D eigenvalue weighted by molar-refractivity contribution is 7.92. The van der Waals surface area contributed by atoms with Crippen molar-refractivity contribution in [2.45, 2.75) is 42.5 Å². The van der Waals surface area contributed by atoms with Crippen molar-refractivity contribution in [3.8, 4) is 0 Å². The molecule has 1 saturated carbocycles. The van der Waals surface area contributed by atoms with E-state index in [9.17, 15) is 26.9 Å². The SMILES string of the molecule is Cc1cc([N+](=O)[O-])cc(S(=O)(=O)Nc2ccc(S(=O)(=O)NC3CC3)cc2)c1C. The van der Waals surface area contributed by atoms with Gasteiger partial charge in [-0.1, -0.05) is 0 Å². The topological polar surface area (TPSA) is 135 Å². The van der Waals surface area contributed by atoms with Gasteiger partial charge in [0.05, 0.1) is 14.7 Å². The van der Waals surface area contributed by atoms with Gasteiger partial charge in [-0.3, -0.25) is 14.8 Å². The summed E-state index contributed by atoms with van der Waals surface area (Å²) in [7, 11) is -7.74. The van der Waals surface area contributed by atoms with Crippen LogP contribution in [0.1, 0.15) is 24.0 Å². The number of nitrogens with one attached hydrogen (secondary N) is 2. The van der Waals surface area contributed by atoms with Crippen LogP contribution in [0.4, 0.5) is 11.4 Å². The second-order valence-corrected chi connectivity index (χ2v) is 10.0. The van der Waals surface area contributed by atoms with Crippen LogP contribution in [-0.4, -0.2) is 27.8 Å². The molecule has 2 N–H and O–H groups in total. The van der Waals surface area contributed by atoms with E-state index in [0.29, 0.717) is 11.1 Å². The van der Waals surface area contributed by atoms with Crippen molar-refractivity contribution in [3.05, 3.63) is 57.6 Å². The van der Waals surface area contributed by atoms with Gasteiger partial charge in [-0.05, 0) is 62.1 Å². The summed E-state index contributed by atoms with van der Waals surface area (Å²) in [6.07, 6.45) is 1.61. The first kappa shape index (κ1) is 20.2. The highest BCUT2D eigenvalue weighted by Crippen LogP contribution is 2.28. The third-order valence-corrected chi connectivity index (χ3v) is 7.46. The number of non-ortho nitro benzene ring substituents is 1. The fourth-order valence-electron chi connectivity index (χ4n) is 2.59. The first-order valence-electron chi connectivity index (χ1n) is 8.40. The van der Waals surface area contributed by atoms with E-state index in [2.05, 4.69) is 9.44 Å². The minimum absolute atomic E-state index is 0.0321. The quantitative estimate of drug-likeness (QED) is 0.517. The predicted octanol–water partition coefficient (Wildman–Crippen LogP) is 2.45. The fraction of sp³-hybridized carbons (Fsp3) is 0.294.